The lowest BCUT2D eigenvalue weighted by Gasteiger charge is -2.19. The van der Waals surface area contributed by atoms with Crippen molar-refractivity contribution < 1.29 is 9.90 Å². The van der Waals surface area contributed by atoms with Gasteiger partial charge in [-0.3, -0.25) is 0 Å². The Morgan fingerprint density at radius 3 is 2.40 bits per heavy atom. The van der Waals surface area contributed by atoms with Crippen LogP contribution in [0.2, 0.25) is 0 Å². The third-order valence-electron chi connectivity index (χ3n) is 2.16. The van der Waals surface area contributed by atoms with E-state index in [1.54, 1.807) is 13.1 Å². The summed E-state index contributed by atoms with van der Waals surface area (Å²) in [6.45, 7) is 10.1. The van der Waals surface area contributed by atoms with Crippen LogP contribution in [0.25, 0.3) is 0 Å². The van der Waals surface area contributed by atoms with Crippen LogP contribution < -0.4 is 10.6 Å². The fraction of sp³-hybridized carbons (Fsp3) is 0.727. The molecule has 1 unspecified atom stereocenters. The lowest BCUT2D eigenvalue weighted by atomic mass is 9.88. The third kappa shape index (κ3) is 6.96. The van der Waals surface area contributed by atoms with Gasteiger partial charge in [0.15, 0.2) is 0 Å². The summed E-state index contributed by atoms with van der Waals surface area (Å²) in [5.74, 6) is 0. The minimum Gasteiger partial charge on any atom is -0.392 e. The molecule has 0 aromatic heterocycles. The molecule has 2 amide bonds. The molecule has 1 atom stereocenters. The number of allylic oxidation sites excluding steroid dienone is 1. The Hall–Kier alpha value is -1.03. The van der Waals surface area contributed by atoms with E-state index in [2.05, 4.69) is 31.4 Å². The fourth-order valence-electron chi connectivity index (χ4n) is 0.682. The topological polar surface area (TPSA) is 61.4 Å². The quantitative estimate of drug-likeness (QED) is 0.668. The molecule has 0 aliphatic rings. The summed E-state index contributed by atoms with van der Waals surface area (Å²) in [4.78, 5) is 11.2. The maximum atomic E-state index is 11.2. The van der Waals surface area contributed by atoms with Crippen LogP contribution in [0.5, 0.6) is 0 Å². The number of hydrogen-bond donors (Lipinski definition) is 3. The van der Waals surface area contributed by atoms with Crippen LogP contribution in [0.15, 0.2) is 11.8 Å². The second-order valence-corrected chi connectivity index (χ2v) is 4.78. The first-order valence-corrected chi connectivity index (χ1v) is 5.13. The Balaban J connectivity index is 3.99. The molecule has 3 N–H and O–H groups in total. The van der Waals surface area contributed by atoms with Crippen molar-refractivity contribution in [2.45, 2.75) is 40.7 Å². The van der Waals surface area contributed by atoms with Gasteiger partial charge in [0.25, 0.3) is 0 Å². The first-order valence-electron chi connectivity index (χ1n) is 5.13. The first kappa shape index (κ1) is 14.0. The lowest BCUT2D eigenvalue weighted by molar-refractivity contribution is 0.188. The normalized spacial score (nSPS) is 14.7. The van der Waals surface area contributed by atoms with Crippen molar-refractivity contribution in [3.63, 3.8) is 0 Å². The Morgan fingerprint density at radius 2 is 2.00 bits per heavy atom. The van der Waals surface area contributed by atoms with E-state index in [0.717, 1.165) is 5.57 Å². The highest BCUT2D eigenvalue weighted by Gasteiger charge is 2.12. The molecule has 0 aliphatic carbocycles. The molecule has 0 fully saturated rings. The maximum Gasteiger partial charge on any atom is 0.318 e. The van der Waals surface area contributed by atoms with E-state index in [0.29, 0.717) is 0 Å². The SMILES string of the molecule is C/C(=C\NC(=O)NCC(C)O)C(C)(C)C. The number of urea groups is 1. The highest BCUT2D eigenvalue weighted by molar-refractivity contribution is 5.74. The van der Waals surface area contributed by atoms with Gasteiger partial charge in [0, 0.05) is 12.7 Å². The molecule has 0 bridgehead atoms. The molecule has 0 saturated heterocycles. The standard InChI is InChI=1S/C11H22N2O2/c1-8(11(3,4)5)6-12-10(15)13-7-9(2)14/h6,9,14H,7H2,1-5H3,(H2,12,13,15)/b8-6+. The van der Waals surface area contributed by atoms with Gasteiger partial charge in [0.2, 0.25) is 0 Å². The van der Waals surface area contributed by atoms with Crippen molar-refractivity contribution in [2.75, 3.05) is 6.54 Å². The van der Waals surface area contributed by atoms with Gasteiger partial charge >= 0.3 is 6.03 Å². The van der Waals surface area contributed by atoms with Gasteiger partial charge < -0.3 is 15.7 Å². The highest BCUT2D eigenvalue weighted by Crippen LogP contribution is 2.23. The largest absolute Gasteiger partial charge is 0.392 e. The van der Waals surface area contributed by atoms with Gasteiger partial charge in [-0.25, -0.2) is 4.79 Å². The molecule has 4 nitrogen and oxygen atoms in total. The number of carbonyl (C=O) groups is 1. The monoisotopic (exact) mass is 214 g/mol. The van der Waals surface area contributed by atoms with E-state index >= 15 is 0 Å². The number of amides is 2. The second kappa shape index (κ2) is 5.75. The van der Waals surface area contributed by atoms with Gasteiger partial charge in [-0.15, -0.1) is 0 Å². The highest BCUT2D eigenvalue weighted by atomic mass is 16.3. The number of hydrogen-bond acceptors (Lipinski definition) is 2. The van der Waals surface area contributed by atoms with Crippen molar-refractivity contribution in [2.24, 2.45) is 5.41 Å². The van der Waals surface area contributed by atoms with Gasteiger partial charge in [-0.2, -0.15) is 0 Å². The van der Waals surface area contributed by atoms with Crippen LogP contribution in [-0.2, 0) is 0 Å². The van der Waals surface area contributed by atoms with Crippen molar-refractivity contribution in [3.8, 4) is 0 Å². The average molecular weight is 214 g/mol. The smallest absolute Gasteiger partial charge is 0.318 e. The Morgan fingerprint density at radius 1 is 1.47 bits per heavy atom. The van der Waals surface area contributed by atoms with Crippen LogP contribution in [-0.4, -0.2) is 23.8 Å². The molecular formula is C11H22N2O2. The average Bonchev–Trinajstić information content (AvgIpc) is 2.09. The third-order valence-corrected chi connectivity index (χ3v) is 2.16. The van der Waals surface area contributed by atoms with Gasteiger partial charge in [-0.05, 0) is 19.3 Å². The van der Waals surface area contributed by atoms with Crippen LogP contribution in [0, 0.1) is 5.41 Å². The molecule has 0 aliphatic heterocycles. The van der Waals surface area contributed by atoms with Crippen LogP contribution in [0.1, 0.15) is 34.6 Å². The summed E-state index contributed by atoms with van der Waals surface area (Å²) < 4.78 is 0. The molecular weight excluding hydrogens is 192 g/mol. The fourth-order valence-corrected chi connectivity index (χ4v) is 0.682. The van der Waals surface area contributed by atoms with E-state index in [9.17, 15) is 4.79 Å². The van der Waals surface area contributed by atoms with Crippen LogP contribution in [0.3, 0.4) is 0 Å². The van der Waals surface area contributed by atoms with Gasteiger partial charge in [0.05, 0.1) is 6.10 Å². The first-order chi connectivity index (χ1) is 6.73. The van der Waals surface area contributed by atoms with Gasteiger partial charge in [-0.1, -0.05) is 26.3 Å². The summed E-state index contributed by atoms with van der Waals surface area (Å²) >= 11 is 0. The molecule has 0 rings (SSSR count). The number of aliphatic hydroxyl groups is 1. The minimum absolute atomic E-state index is 0.0531. The number of nitrogens with one attached hydrogen (secondary N) is 2. The zero-order valence-corrected chi connectivity index (χ0v) is 10.2. The molecule has 0 spiro atoms. The second-order valence-electron chi connectivity index (χ2n) is 4.78. The van der Waals surface area contributed by atoms with Crippen LogP contribution >= 0.6 is 0 Å². The number of rotatable bonds is 3. The molecule has 0 saturated carbocycles. The zero-order valence-electron chi connectivity index (χ0n) is 10.2. The van der Waals surface area contributed by atoms with E-state index < -0.39 is 6.10 Å². The van der Waals surface area contributed by atoms with Crippen molar-refractivity contribution in [1.29, 1.82) is 0 Å². The lowest BCUT2D eigenvalue weighted by Crippen LogP contribution is -2.37. The van der Waals surface area contributed by atoms with Crippen molar-refractivity contribution in [1.82, 2.24) is 10.6 Å². The Labute approximate surface area is 91.8 Å². The maximum absolute atomic E-state index is 11.2. The summed E-state index contributed by atoms with van der Waals surface area (Å²) in [5.41, 5.74) is 1.15. The summed E-state index contributed by atoms with van der Waals surface area (Å²) in [5, 5.41) is 14.1. The molecule has 0 heterocycles. The van der Waals surface area contributed by atoms with E-state index in [1.165, 1.54) is 0 Å². The Kier molecular flexibility index (Phi) is 5.36. The molecule has 4 heteroatoms. The van der Waals surface area contributed by atoms with Crippen molar-refractivity contribution in [3.05, 3.63) is 11.8 Å². The van der Waals surface area contributed by atoms with Crippen LogP contribution in [0.4, 0.5) is 4.79 Å². The summed E-state index contributed by atoms with van der Waals surface area (Å²) in [6.07, 6.45) is 1.17. The summed E-state index contributed by atoms with van der Waals surface area (Å²) in [7, 11) is 0. The molecule has 0 radical (unpaired) electrons. The van der Waals surface area contributed by atoms with Gasteiger partial charge in [0.1, 0.15) is 0 Å². The van der Waals surface area contributed by atoms with E-state index in [4.69, 9.17) is 5.11 Å². The predicted octanol–water partition coefficient (Wildman–Crippen LogP) is 1.62. The Bertz CT molecular complexity index is 239. The molecule has 15 heavy (non-hydrogen) atoms. The number of carbonyl (C=O) groups excluding carboxylic acids is 1. The molecule has 88 valence electrons. The summed E-state index contributed by atoms with van der Waals surface area (Å²) in [6, 6.07) is -0.292. The van der Waals surface area contributed by atoms with E-state index in [1.807, 2.05) is 6.92 Å². The van der Waals surface area contributed by atoms with E-state index in [-0.39, 0.29) is 18.0 Å². The predicted molar refractivity (Wildman–Crippen MR) is 61.4 cm³/mol. The zero-order chi connectivity index (χ0) is 12.1. The molecule has 0 aromatic carbocycles. The van der Waals surface area contributed by atoms with Crippen molar-refractivity contribution >= 4 is 6.03 Å². The molecule has 0 aromatic rings. The minimum atomic E-state index is -0.525. The number of aliphatic hydroxyl groups excluding tert-OH is 1.